The van der Waals surface area contributed by atoms with Crippen LogP contribution in [-0.2, 0) is 0 Å². The van der Waals surface area contributed by atoms with Gasteiger partial charge in [0.1, 0.15) is 17.4 Å². The van der Waals surface area contributed by atoms with E-state index >= 15 is 0 Å². The van der Waals surface area contributed by atoms with E-state index in [1.807, 2.05) is 60.7 Å². The maximum atomic E-state index is 6.03. The zero-order valence-electron chi connectivity index (χ0n) is 15.0. The molecule has 2 aromatic heterocycles. The molecule has 1 atom stereocenters. The second kappa shape index (κ2) is 6.97. The predicted molar refractivity (Wildman–Crippen MR) is 106 cm³/mol. The van der Waals surface area contributed by atoms with Gasteiger partial charge in [0, 0.05) is 5.56 Å². The van der Waals surface area contributed by atoms with Gasteiger partial charge in [-0.05, 0) is 30.4 Å². The molecule has 1 aliphatic heterocycles. The van der Waals surface area contributed by atoms with Crippen molar-refractivity contribution in [3.05, 3.63) is 64.9 Å². The van der Waals surface area contributed by atoms with Crippen LogP contribution in [0, 0.1) is 0 Å². The zero-order valence-corrected chi connectivity index (χ0v) is 15.8. The predicted octanol–water partition coefficient (Wildman–Crippen LogP) is 3.88. The number of para-hydroxylation sites is 3. The molecule has 0 aliphatic carbocycles. The molecule has 1 aliphatic rings. The van der Waals surface area contributed by atoms with E-state index in [0.717, 1.165) is 22.1 Å². The molecule has 0 N–H and O–H groups in total. The maximum absolute atomic E-state index is 6.03. The number of rotatable bonds is 4. The van der Waals surface area contributed by atoms with Crippen LogP contribution in [0.5, 0.6) is 17.2 Å². The van der Waals surface area contributed by atoms with E-state index in [0.29, 0.717) is 23.1 Å². The van der Waals surface area contributed by atoms with E-state index in [1.54, 1.807) is 11.6 Å². The number of aromatic nitrogens is 4. The van der Waals surface area contributed by atoms with Crippen LogP contribution in [0.3, 0.4) is 0 Å². The van der Waals surface area contributed by atoms with E-state index in [1.165, 1.54) is 11.3 Å². The summed E-state index contributed by atoms with van der Waals surface area (Å²) in [6.45, 7) is 0.363. The summed E-state index contributed by atoms with van der Waals surface area (Å²) in [5.74, 6) is 2.87. The van der Waals surface area contributed by atoms with Gasteiger partial charge < -0.3 is 14.2 Å². The van der Waals surface area contributed by atoms with Crippen molar-refractivity contribution in [2.75, 3.05) is 13.7 Å². The van der Waals surface area contributed by atoms with Crippen molar-refractivity contribution in [1.29, 1.82) is 0 Å². The monoisotopic (exact) mass is 392 g/mol. The second-order valence-electron chi connectivity index (χ2n) is 6.13. The Morgan fingerprint density at radius 2 is 1.89 bits per heavy atom. The third-order valence-electron chi connectivity index (χ3n) is 4.37. The van der Waals surface area contributed by atoms with Gasteiger partial charge in [0.2, 0.25) is 4.96 Å². The van der Waals surface area contributed by atoms with Crippen LogP contribution in [0.1, 0.15) is 22.5 Å². The SMILES string of the molecule is COc1ccccc1C=Cc1nn2c(C3COc4ccccc4O3)nnc2s1. The summed E-state index contributed by atoms with van der Waals surface area (Å²) in [6.07, 6.45) is 3.55. The Morgan fingerprint density at radius 3 is 2.79 bits per heavy atom. The fourth-order valence-electron chi connectivity index (χ4n) is 3.03. The Bertz CT molecular complexity index is 1170. The van der Waals surface area contributed by atoms with Gasteiger partial charge in [-0.25, -0.2) is 0 Å². The van der Waals surface area contributed by atoms with E-state index in [9.17, 15) is 0 Å². The van der Waals surface area contributed by atoms with E-state index in [-0.39, 0.29) is 6.10 Å². The smallest absolute Gasteiger partial charge is 0.235 e. The van der Waals surface area contributed by atoms with Crippen molar-refractivity contribution in [2.24, 2.45) is 0 Å². The molecular formula is C20H16N4O3S. The first-order chi connectivity index (χ1) is 13.8. The fourth-order valence-corrected chi connectivity index (χ4v) is 3.78. The van der Waals surface area contributed by atoms with Crippen LogP contribution in [-0.4, -0.2) is 33.5 Å². The molecule has 1 unspecified atom stereocenters. The van der Waals surface area contributed by atoms with Gasteiger partial charge in [0.15, 0.2) is 23.4 Å². The number of nitrogens with zero attached hydrogens (tertiary/aromatic N) is 4. The lowest BCUT2D eigenvalue weighted by atomic mass is 10.2. The van der Waals surface area contributed by atoms with Crippen molar-refractivity contribution in [3.63, 3.8) is 0 Å². The van der Waals surface area contributed by atoms with Crippen LogP contribution >= 0.6 is 11.3 Å². The molecule has 8 heteroatoms. The lowest BCUT2D eigenvalue weighted by molar-refractivity contribution is 0.0836. The van der Waals surface area contributed by atoms with Gasteiger partial charge in [-0.3, -0.25) is 0 Å². The molecule has 0 spiro atoms. The Kier molecular flexibility index (Phi) is 4.17. The Hall–Kier alpha value is -3.39. The Balaban J connectivity index is 1.43. The molecule has 3 heterocycles. The number of benzene rings is 2. The van der Waals surface area contributed by atoms with E-state index < -0.39 is 0 Å². The molecule has 2 aromatic carbocycles. The molecule has 0 saturated heterocycles. The van der Waals surface area contributed by atoms with Crippen molar-refractivity contribution in [1.82, 2.24) is 19.8 Å². The molecule has 0 amide bonds. The fraction of sp³-hybridized carbons (Fsp3) is 0.150. The lowest BCUT2D eigenvalue weighted by Gasteiger charge is -2.24. The summed E-state index contributed by atoms with van der Waals surface area (Å²) >= 11 is 1.45. The molecule has 4 aromatic rings. The lowest BCUT2D eigenvalue weighted by Crippen LogP contribution is -2.23. The molecule has 140 valence electrons. The first-order valence-electron chi connectivity index (χ1n) is 8.73. The molecule has 0 fully saturated rings. The van der Waals surface area contributed by atoms with E-state index in [2.05, 4.69) is 15.3 Å². The van der Waals surface area contributed by atoms with Crippen LogP contribution in [0.15, 0.2) is 48.5 Å². The summed E-state index contributed by atoms with van der Waals surface area (Å²) in [5, 5.41) is 13.9. The number of fused-ring (bicyclic) bond motifs is 2. The number of hydrogen-bond acceptors (Lipinski definition) is 7. The van der Waals surface area contributed by atoms with Gasteiger partial charge in [-0.2, -0.15) is 9.61 Å². The maximum Gasteiger partial charge on any atom is 0.235 e. The minimum absolute atomic E-state index is 0.363. The Labute approximate surface area is 164 Å². The highest BCUT2D eigenvalue weighted by Gasteiger charge is 2.28. The minimum atomic E-state index is -0.363. The first kappa shape index (κ1) is 16.8. The standard InChI is InChI=1S/C20H16N4O3S/c1-25-14-7-3-2-6-13(14)10-11-18-23-24-19(21-22-20(24)28-18)17-12-26-15-8-4-5-9-16(15)27-17/h2-11,17H,12H2,1H3. The normalized spacial score (nSPS) is 16.0. The highest BCUT2D eigenvalue weighted by Crippen LogP contribution is 2.35. The van der Waals surface area contributed by atoms with Crippen LogP contribution in [0.25, 0.3) is 17.1 Å². The van der Waals surface area contributed by atoms with E-state index in [4.69, 9.17) is 14.2 Å². The van der Waals surface area contributed by atoms with Crippen LogP contribution in [0.4, 0.5) is 0 Å². The molecule has 0 saturated carbocycles. The van der Waals surface area contributed by atoms with Gasteiger partial charge >= 0.3 is 0 Å². The highest BCUT2D eigenvalue weighted by molar-refractivity contribution is 7.17. The second-order valence-corrected chi connectivity index (χ2v) is 7.12. The average molecular weight is 392 g/mol. The van der Waals surface area contributed by atoms with Crippen LogP contribution < -0.4 is 14.2 Å². The molecule has 28 heavy (non-hydrogen) atoms. The summed E-state index contributed by atoms with van der Waals surface area (Å²) in [7, 11) is 1.66. The summed E-state index contributed by atoms with van der Waals surface area (Å²) in [6, 6.07) is 15.4. The van der Waals surface area contributed by atoms with Gasteiger partial charge in [0.25, 0.3) is 0 Å². The third-order valence-corrected chi connectivity index (χ3v) is 5.24. The third kappa shape index (κ3) is 2.97. The molecule has 7 nitrogen and oxygen atoms in total. The largest absolute Gasteiger partial charge is 0.496 e. The average Bonchev–Trinajstić information content (AvgIpc) is 3.32. The number of methoxy groups -OCH3 is 1. The summed E-state index contributed by atoms with van der Waals surface area (Å²) in [4.78, 5) is 0.706. The number of ether oxygens (including phenoxy) is 3. The Morgan fingerprint density at radius 1 is 1.07 bits per heavy atom. The van der Waals surface area contributed by atoms with Gasteiger partial charge in [-0.15, -0.1) is 10.2 Å². The molecular weight excluding hydrogens is 376 g/mol. The molecule has 0 radical (unpaired) electrons. The van der Waals surface area contributed by atoms with Crippen molar-refractivity contribution < 1.29 is 14.2 Å². The van der Waals surface area contributed by atoms with Gasteiger partial charge in [0.05, 0.1) is 7.11 Å². The van der Waals surface area contributed by atoms with Crippen molar-refractivity contribution in [3.8, 4) is 17.2 Å². The topological polar surface area (TPSA) is 70.8 Å². The molecule has 5 rings (SSSR count). The zero-order chi connectivity index (χ0) is 18.9. The molecule has 0 bridgehead atoms. The number of hydrogen-bond donors (Lipinski definition) is 0. The highest BCUT2D eigenvalue weighted by atomic mass is 32.1. The minimum Gasteiger partial charge on any atom is -0.496 e. The van der Waals surface area contributed by atoms with Crippen molar-refractivity contribution >= 4 is 28.4 Å². The van der Waals surface area contributed by atoms with Crippen molar-refractivity contribution in [2.45, 2.75) is 6.10 Å². The first-order valence-corrected chi connectivity index (χ1v) is 9.55. The van der Waals surface area contributed by atoms with Crippen LogP contribution in [0.2, 0.25) is 0 Å². The van der Waals surface area contributed by atoms with Gasteiger partial charge in [-0.1, -0.05) is 41.7 Å². The quantitative estimate of drug-likeness (QED) is 0.525. The summed E-state index contributed by atoms with van der Waals surface area (Å²) < 4.78 is 18.9. The summed E-state index contributed by atoms with van der Waals surface area (Å²) in [5.41, 5.74) is 0.983.